The Morgan fingerprint density at radius 2 is 1.60 bits per heavy atom. The number of aliphatic imine (C=N–C) groups is 1. The van der Waals surface area contributed by atoms with Gasteiger partial charge in [0.05, 0.1) is 27.9 Å². The number of anilines is 1. The van der Waals surface area contributed by atoms with E-state index in [9.17, 15) is 4.79 Å². The Kier molecular flexibility index (Phi) is 10.2. The topological polar surface area (TPSA) is 51.1 Å². The van der Waals surface area contributed by atoms with Gasteiger partial charge in [0.1, 0.15) is 6.61 Å². The number of hydrogen-bond donors (Lipinski definition) is 0. The van der Waals surface area contributed by atoms with Gasteiger partial charge in [0.25, 0.3) is 5.91 Å². The lowest BCUT2D eigenvalue weighted by atomic mass is 10.1. The van der Waals surface area contributed by atoms with Crippen LogP contribution >= 0.6 is 50.9 Å². The van der Waals surface area contributed by atoms with E-state index in [4.69, 9.17) is 37.7 Å². The van der Waals surface area contributed by atoms with Crippen LogP contribution in [-0.2, 0) is 24.2 Å². The lowest BCUT2D eigenvalue weighted by Crippen LogP contribution is -2.28. The number of halogens is 3. The summed E-state index contributed by atoms with van der Waals surface area (Å²) in [6, 6.07) is 25.1. The molecule has 1 aliphatic heterocycles. The first kappa shape index (κ1) is 31.2. The number of hydrogen-bond acceptors (Lipinski definition) is 5. The van der Waals surface area contributed by atoms with Crippen molar-refractivity contribution in [2.24, 2.45) is 4.99 Å². The minimum Gasteiger partial charge on any atom is -0.493 e. The molecule has 0 unspecified atom stereocenters. The maximum Gasteiger partial charge on any atom is 0.271 e. The molecule has 1 heterocycles. The van der Waals surface area contributed by atoms with Crippen molar-refractivity contribution < 1.29 is 14.3 Å². The highest BCUT2D eigenvalue weighted by Crippen LogP contribution is 2.41. The van der Waals surface area contributed by atoms with Gasteiger partial charge >= 0.3 is 0 Å². The third kappa shape index (κ3) is 7.29. The van der Waals surface area contributed by atoms with Gasteiger partial charge in [-0.15, -0.1) is 0 Å². The number of amidine groups is 1. The smallest absolute Gasteiger partial charge is 0.271 e. The molecule has 0 bridgehead atoms. The van der Waals surface area contributed by atoms with E-state index in [2.05, 4.69) is 41.9 Å². The number of thioether (sulfide) groups is 1. The summed E-state index contributed by atoms with van der Waals surface area (Å²) in [7, 11) is 1.58. The number of carbonyl (C=O) groups excluding carboxylic acids is 1. The van der Waals surface area contributed by atoms with Crippen LogP contribution < -0.4 is 14.4 Å². The Morgan fingerprint density at radius 1 is 0.930 bits per heavy atom. The van der Waals surface area contributed by atoms with E-state index in [-0.39, 0.29) is 12.5 Å². The van der Waals surface area contributed by atoms with E-state index in [1.54, 1.807) is 24.1 Å². The SMILES string of the molecule is CCc1ccc(N=C2S/C(=C\c3cc(Br)c(OCc4ccc(Cl)cc4Cl)c(OC)c3)C(=O)N2c2ccc(CC)cc2)cc1. The number of aryl methyl sites for hydroxylation is 2. The Bertz CT molecular complexity index is 1710. The number of amides is 1. The molecule has 9 heteroatoms. The van der Waals surface area contributed by atoms with E-state index < -0.39 is 0 Å². The molecule has 0 aliphatic carbocycles. The molecule has 1 aliphatic rings. The fraction of sp³-hybridized carbons (Fsp3) is 0.176. The van der Waals surface area contributed by atoms with Gasteiger partial charge in [0.15, 0.2) is 16.7 Å². The molecule has 1 saturated heterocycles. The molecule has 5 rings (SSSR count). The van der Waals surface area contributed by atoms with Crippen molar-refractivity contribution in [1.82, 2.24) is 0 Å². The summed E-state index contributed by atoms with van der Waals surface area (Å²) in [5.41, 5.74) is 5.55. The van der Waals surface area contributed by atoms with Crippen molar-refractivity contribution in [3.63, 3.8) is 0 Å². The van der Waals surface area contributed by atoms with E-state index in [1.807, 2.05) is 60.7 Å². The monoisotopic (exact) mass is 694 g/mol. The lowest BCUT2D eigenvalue weighted by molar-refractivity contribution is -0.113. The van der Waals surface area contributed by atoms with Crippen molar-refractivity contribution in [1.29, 1.82) is 0 Å². The van der Waals surface area contributed by atoms with Crippen LogP contribution in [0.5, 0.6) is 11.5 Å². The fourth-order valence-electron chi connectivity index (χ4n) is 4.48. The number of ether oxygens (including phenoxy) is 2. The molecule has 4 aromatic carbocycles. The summed E-state index contributed by atoms with van der Waals surface area (Å²) < 4.78 is 12.4. The summed E-state index contributed by atoms with van der Waals surface area (Å²) in [5.74, 6) is 0.890. The van der Waals surface area contributed by atoms with E-state index >= 15 is 0 Å². The molecule has 1 fully saturated rings. The highest BCUT2D eigenvalue weighted by atomic mass is 79.9. The zero-order valence-corrected chi connectivity index (χ0v) is 27.8. The lowest BCUT2D eigenvalue weighted by Gasteiger charge is -2.16. The second kappa shape index (κ2) is 14.0. The Morgan fingerprint density at radius 3 is 2.23 bits per heavy atom. The fourth-order valence-corrected chi connectivity index (χ4v) is 6.52. The van der Waals surface area contributed by atoms with Gasteiger partial charge < -0.3 is 9.47 Å². The molecule has 0 radical (unpaired) electrons. The predicted molar refractivity (Wildman–Crippen MR) is 183 cm³/mol. The van der Waals surface area contributed by atoms with Crippen molar-refractivity contribution in [2.45, 2.75) is 33.3 Å². The summed E-state index contributed by atoms with van der Waals surface area (Å²) in [6.45, 7) is 4.45. The maximum absolute atomic E-state index is 13.9. The van der Waals surface area contributed by atoms with Crippen molar-refractivity contribution >= 4 is 79.4 Å². The maximum atomic E-state index is 13.9. The van der Waals surface area contributed by atoms with E-state index in [0.717, 1.165) is 35.3 Å². The van der Waals surface area contributed by atoms with Gasteiger partial charge in [-0.1, -0.05) is 67.4 Å². The van der Waals surface area contributed by atoms with E-state index in [0.29, 0.717) is 36.1 Å². The van der Waals surface area contributed by atoms with Crippen LogP contribution in [0.4, 0.5) is 11.4 Å². The summed E-state index contributed by atoms with van der Waals surface area (Å²) in [6.07, 6.45) is 3.71. The second-order valence-corrected chi connectivity index (χ2v) is 12.5. The number of methoxy groups -OCH3 is 1. The number of benzene rings is 4. The van der Waals surface area contributed by atoms with Gasteiger partial charge in [0, 0.05) is 15.6 Å². The molecule has 43 heavy (non-hydrogen) atoms. The van der Waals surface area contributed by atoms with Crippen molar-refractivity contribution in [2.75, 3.05) is 12.0 Å². The minimum absolute atomic E-state index is 0.147. The predicted octanol–water partition coefficient (Wildman–Crippen LogP) is 10.3. The standard InChI is InChI=1S/C34H29BrCl2N2O3S/c1-4-21-6-12-26(13-7-21)38-34-39(27-14-8-22(5-2)9-15-27)33(40)31(43-34)18-23-16-28(35)32(30(17-23)41-3)42-20-24-10-11-25(36)19-29(24)37/h6-19H,4-5,20H2,1-3H3/b31-18-,38-34?. The average Bonchev–Trinajstić information content (AvgIpc) is 3.31. The van der Waals surface area contributed by atoms with Crippen molar-refractivity contribution in [3.05, 3.63) is 121 Å². The normalized spacial score (nSPS) is 15.0. The summed E-state index contributed by atoms with van der Waals surface area (Å²) >= 11 is 17.3. The zero-order valence-electron chi connectivity index (χ0n) is 23.9. The van der Waals surface area contributed by atoms with Gasteiger partial charge in [-0.25, -0.2) is 4.99 Å². The van der Waals surface area contributed by atoms with Crippen molar-refractivity contribution in [3.8, 4) is 11.5 Å². The first-order chi connectivity index (χ1) is 20.8. The molecular formula is C34H29BrCl2N2O3S. The van der Waals surface area contributed by atoms with Gasteiger partial charge in [-0.3, -0.25) is 9.69 Å². The first-order valence-electron chi connectivity index (χ1n) is 13.7. The highest BCUT2D eigenvalue weighted by Gasteiger charge is 2.35. The van der Waals surface area contributed by atoms with Crippen LogP contribution in [0.15, 0.2) is 93.2 Å². The largest absolute Gasteiger partial charge is 0.493 e. The molecule has 5 nitrogen and oxygen atoms in total. The Labute approximate surface area is 274 Å². The van der Waals surface area contributed by atoms with Crippen LogP contribution in [0.2, 0.25) is 10.0 Å². The zero-order chi connectivity index (χ0) is 30.5. The highest BCUT2D eigenvalue weighted by molar-refractivity contribution is 9.10. The number of nitrogens with zero attached hydrogens (tertiary/aromatic N) is 2. The minimum atomic E-state index is -0.147. The number of rotatable bonds is 9. The van der Waals surface area contributed by atoms with E-state index in [1.165, 1.54) is 22.9 Å². The molecule has 0 saturated carbocycles. The molecule has 0 N–H and O–H groups in total. The van der Waals surface area contributed by atoms with Crippen LogP contribution in [-0.4, -0.2) is 18.2 Å². The first-order valence-corrected chi connectivity index (χ1v) is 16.1. The number of carbonyl (C=O) groups is 1. The molecule has 4 aromatic rings. The molecule has 0 spiro atoms. The third-order valence-corrected chi connectivity index (χ3v) is 9.06. The molecule has 0 aromatic heterocycles. The molecule has 220 valence electrons. The Balaban J connectivity index is 1.47. The van der Waals surface area contributed by atoms with Crippen LogP contribution in [0.3, 0.4) is 0 Å². The average molecular weight is 696 g/mol. The molecule has 1 amide bonds. The summed E-state index contributed by atoms with van der Waals surface area (Å²) in [4.78, 5) is 20.9. The molecular weight excluding hydrogens is 667 g/mol. The third-order valence-electron chi connectivity index (χ3n) is 6.92. The Hall–Kier alpha value is -3.23. The van der Waals surface area contributed by atoms with Gasteiger partial charge in [-0.2, -0.15) is 0 Å². The van der Waals surface area contributed by atoms with Gasteiger partial charge in [-0.05, 0) is 112 Å². The summed E-state index contributed by atoms with van der Waals surface area (Å²) in [5, 5.41) is 1.67. The van der Waals surface area contributed by atoms with Crippen LogP contribution in [0.25, 0.3) is 6.08 Å². The molecule has 0 atom stereocenters. The van der Waals surface area contributed by atoms with Gasteiger partial charge in [0.2, 0.25) is 0 Å². The second-order valence-electron chi connectivity index (χ2n) is 9.74. The van der Waals surface area contributed by atoms with Crippen LogP contribution in [0.1, 0.15) is 36.1 Å². The van der Waals surface area contributed by atoms with Crippen LogP contribution in [0, 0.1) is 0 Å². The quantitative estimate of drug-likeness (QED) is 0.164.